The fraction of sp³-hybridized carbons (Fsp3) is 0.917. The van der Waals surface area contributed by atoms with E-state index in [2.05, 4.69) is 11.9 Å². The van der Waals surface area contributed by atoms with Crippen LogP contribution < -0.4 is 0 Å². The van der Waals surface area contributed by atoms with Gasteiger partial charge in [-0.3, -0.25) is 4.79 Å². The van der Waals surface area contributed by atoms with Crippen LogP contribution in [0.3, 0.4) is 0 Å². The highest BCUT2D eigenvalue weighted by molar-refractivity contribution is 5.69. The second-order valence-corrected chi connectivity index (χ2v) is 5.41. The average Bonchev–Trinajstić information content (AvgIpc) is 2.84. The Balaban J connectivity index is 2.02. The van der Waals surface area contributed by atoms with Crippen molar-refractivity contribution in [2.75, 3.05) is 26.7 Å². The number of hydrogen-bond donors (Lipinski definition) is 0. The van der Waals surface area contributed by atoms with Gasteiger partial charge in [0, 0.05) is 13.0 Å². The van der Waals surface area contributed by atoms with Crippen LogP contribution in [0.25, 0.3) is 0 Å². The highest BCUT2D eigenvalue weighted by Gasteiger charge is 2.23. The molecule has 16 heavy (non-hydrogen) atoms. The molecule has 1 aliphatic heterocycles. The van der Waals surface area contributed by atoms with E-state index < -0.39 is 0 Å². The van der Waals surface area contributed by atoms with E-state index in [0.29, 0.717) is 12.5 Å². The Morgan fingerprint density at radius 3 is 2.62 bits per heavy atom. The number of nitrogens with zero attached hydrogens (tertiary/aromatic N) is 1. The molecular weight excluding hydrogens is 206 g/mol. The average molecular weight is 229 g/mol. The number of likely N-dealkylation sites (N-methyl/N-ethyl adjacent to an activating group) is 1. The molecule has 1 fully saturated rings. The summed E-state index contributed by atoms with van der Waals surface area (Å²) in [4.78, 5) is 13.6. The first-order chi connectivity index (χ1) is 7.37. The summed E-state index contributed by atoms with van der Waals surface area (Å²) in [7, 11) is 2.05. The maximum Gasteiger partial charge on any atom is 0.306 e. The van der Waals surface area contributed by atoms with Crippen molar-refractivity contribution in [3.8, 4) is 0 Å². The number of rotatable bonds is 6. The Hall–Kier alpha value is -0.610. The van der Waals surface area contributed by atoms with Gasteiger partial charge in [-0.25, -0.2) is 0 Å². The van der Waals surface area contributed by atoms with Crippen molar-refractivity contribution < 1.29 is 14.3 Å². The minimum absolute atomic E-state index is 0.108. The molecule has 4 heteroatoms. The zero-order valence-corrected chi connectivity index (χ0v) is 10.8. The molecule has 0 amide bonds. The van der Waals surface area contributed by atoms with Crippen LogP contribution in [0.2, 0.25) is 0 Å². The first-order valence-electron chi connectivity index (χ1n) is 5.89. The van der Waals surface area contributed by atoms with Gasteiger partial charge in [0.25, 0.3) is 0 Å². The van der Waals surface area contributed by atoms with E-state index in [9.17, 15) is 4.79 Å². The Bertz CT molecular complexity index is 231. The van der Waals surface area contributed by atoms with Gasteiger partial charge in [0.1, 0.15) is 5.60 Å². The third-order valence-corrected chi connectivity index (χ3v) is 2.26. The number of esters is 1. The smallest absolute Gasteiger partial charge is 0.306 e. The predicted molar refractivity (Wildman–Crippen MR) is 62.3 cm³/mol. The molecule has 0 N–H and O–H groups in total. The second kappa shape index (κ2) is 5.64. The van der Waals surface area contributed by atoms with E-state index in [1.165, 1.54) is 0 Å². The van der Waals surface area contributed by atoms with Crippen molar-refractivity contribution in [3.63, 3.8) is 0 Å². The molecule has 0 aromatic rings. The maximum absolute atomic E-state index is 11.4. The van der Waals surface area contributed by atoms with Crippen molar-refractivity contribution in [2.45, 2.75) is 45.3 Å². The molecule has 1 aliphatic rings. The summed E-state index contributed by atoms with van der Waals surface area (Å²) in [6, 6.07) is 0. The lowest BCUT2D eigenvalue weighted by Crippen LogP contribution is -2.27. The van der Waals surface area contributed by atoms with Gasteiger partial charge < -0.3 is 14.4 Å². The third kappa shape index (κ3) is 6.80. The first kappa shape index (κ1) is 13.5. The van der Waals surface area contributed by atoms with Crippen LogP contribution in [0.5, 0.6) is 0 Å². The van der Waals surface area contributed by atoms with Gasteiger partial charge in [-0.2, -0.15) is 0 Å². The summed E-state index contributed by atoms with van der Waals surface area (Å²) in [5, 5.41) is 0. The van der Waals surface area contributed by atoms with Crippen LogP contribution >= 0.6 is 0 Å². The molecule has 1 rings (SSSR count). The SMILES string of the molecule is CN(CCCC(=O)OC(C)(C)C)C[C@@H]1CO1. The molecule has 0 radical (unpaired) electrons. The fourth-order valence-corrected chi connectivity index (χ4v) is 1.50. The lowest BCUT2D eigenvalue weighted by molar-refractivity contribution is -0.154. The van der Waals surface area contributed by atoms with Crippen LogP contribution in [0.1, 0.15) is 33.6 Å². The summed E-state index contributed by atoms with van der Waals surface area (Å²) in [5.41, 5.74) is -0.370. The summed E-state index contributed by atoms with van der Waals surface area (Å²) in [6.45, 7) is 8.44. The molecule has 0 aromatic carbocycles. The topological polar surface area (TPSA) is 42.1 Å². The number of carbonyl (C=O) groups is 1. The quantitative estimate of drug-likeness (QED) is 0.510. The summed E-state index contributed by atoms with van der Waals surface area (Å²) < 4.78 is 10.4. The molecular formula is C12H23NO3. The Labute approximate surface area is 97.9 Å². The van der Waals surface area contributed by atoms with Crippen molar-refractivity contribution in [1.82, 2.24) is 4.90 Å². The van der Waals surface area contributed by atoms with Crippen LogP contribution in [-0.4, -0.2) is 49.3 Å². The lowest BCUT2D eigenvalue weighted by Gasteiger charge is -2.20. The van der Waals surface area contributed by atoms with Gasteiger partial charge in [0.15, 0.2) is 0 Å². The molecule has 0 bridgehead atoms. The van der Waals surface area contributed by atoms with Crippen LogP contribution in [0, 0.1) is 0 Å². The first-order valence-corrected chi connectivity index (χ1v) is 5.89. The van der Waals surface area contributed by atoms with Crippen molar-refractivity contribution in [2.24, 2.45) is 0 Å². The summed E-state index contributed by atoms with van der Waals surface area (Å²) in [6.07, 6.45) is 1.76. The molecule has 0 unspecified atom stereocenters. The second-order valence-electron chi connectivity index (χ2n) is 5.41. The van der Waals surface area contributed by atoms with E-state index in [-0.39, 0.29) is 11.6 Å². The molecule has 0 aliphatic carbocycles. The van der Waals surface area contributed by atoms with E-state index in [4.69, 9.17) is 9.47 Å². The minimum Gasteiger partial charge on any atom is -0.460 e. The number of hydrogen-bond acceptors (Lipinski definition) is 4. The summed E-state index contributed by atoms with van der Waals surface area (Å²) in [5.74, 6) is -0.108. The van der Waals surface area contributed by atoms with Crippen molar-refractivity contribution in [3.05, 3.63) is 0 Å². The molecule has 0 aromatic heterocycles. The number of ether oxygens (including phenoxy) is 2. The van der Waals surface area contributed by atoms with Gasteiger partial charge in [0.2, 0.25) is 0 Å². The molecule has 1 saturated heterocycles. The molecule has 0 spiro atoms. The molecule has 94 valence electrons. The minimum atomic E-state index is -0.370. The fourth-order valence-electron chi connectivity index (χ4n) is 1.50. The standard InChI is InChI=1S/C12H23NO3/c1-12(2,3)16-11(14)6-5-7-13(4)8-10-9-15-10/h10H,5-9H2,1-4H3/t10-/m1/s1. The third-order valence-electron chi connectivity index (χ3n) is 2.26. The predicted octanol–water partition coefficient (Wildman–Crippen LogP) is 1.44. The molecule has 1 atom stereocenters. The largest absolute Gasteiger partial charge is 0.460 e. The maximum atomic E-state index is 11.4. The van der Waals surface area contributed by atoms with Crippen LogP contribution in [0.15, 0.2) is 0 Å². The van der Waals surface area contributed by atoms with Crippen LogP contribution in [0.4, 0.5) is 0 Å². The Kier molecular flexibility index (Phi) is 4.74. The van der Waals surface area contributed by atoms with Crippen LogP contribution in [-0.2, 0) is 14.3 Å². The highest BCUT2D eigenvalue weighted by Crippen LogP contribution is 2.11. The molecule has 1 heterocycles. The van der Waals surface area contributed by atoms with E-state index >= 15 is 0 Å². The molecule has 0 saturated carbocycles. The van der Waals surface area contributed by atoms with Crippen molar-refractivity contribution in [1.29, 1.82) is 0 Å². The van der Waals surface area contributed by atoms with E-state index in [0.717, 1.165) is 26.1 Å². The van der Waals surface area contributed by atoms with Gasteiger partial charge in [-0.1, -0.05) is 0 Å². The molecule has 4 nitrogen and oxygen atoms in total. The number of epoxide rings is 1. The Morgan fingerprint density at radius 1 is 1.50 bits per heavy atom. The van der Waals surface area contributed by atoms with E-state index in [1.807, 2.05) is 20.8 Å². The van der Waals surface area contributed by atoms with E-state index in [1.54, 1.807) is 0 Å². The van der Waals surface area contributed by atoms with Crippen molar-refractivity contribution >= 4 is 5.97 Å². The Morgan fingerprint density at radius 2 is 2.12 bits per heavy atom. The zero-order valence-electron chi connectivity index (χ0n) is 10.8. The lowest BCUT2D eigenvalue weighted by atomic mass is 10.2. The van der Waals surface area contributed by atoms with Gasteiger partial charge in [0.05, 0.1) is 12.7 Å². The monoisotopic (exact) mass is 229 g/mol. The number of carbonyl (C=O) groups excluding carboxylic acids is 1. The van der Waals surface area contributed by atoms with Gasteiger partial charge >= 0.3 is 5.97 Å². The highest BCUT2D eigenvalue weighted by atomic mass is 16.6. The normalized spacial score (nSPS) is 19.9. The summed E-state index contributed by atoms with van der Waals surface area (Å²) >= 11 is 0. The zero-order chi connectivity index (χ0) is 12.2. The van der Waals surface area contributed by atoms with Gasteiger partial charge in [-0.05, 0) is 40.8 Å². The van der Waals surface area contributed by atoms with Gasteiger partial charge in [-0.15, -0.1) is 0 Å².